The van der Waals surface area contributed by atoms with Crippen molar-refractivity contribution in [2.45, 2.75) is 45.2 Å². The van der Waals surface area contributed by atoms with Crippen LogP contribution in [0.1, 0.15) is 36.5 Å². The fourth-order valence-electron chi connectivity index (χ4n) is 3.20. The Balaban J connectivity index is 2.04. The molecule has 0 amide bonds. The van der Waals surface area contributed by atoms with E-state index in [4.69, 9.17) is 5.73 Å². The molecular weight excluding hydrogens is 222 g/mol. The summed E-state index contributed by atoms with van der Waals surface area (Å²) in [5.74, 6) is 0.722. The van der Waals surface area contributed by atoms with Gasteiger partial charge in [-0.05, 0) is 44.7 Å². The molecule has 3 rings (SSSR count). The van der Waals surface area contributed by atoms with Crippen LogP contribution in [0, 0.1) is 13.8 Å². The van der Waals surface area contributed by atoms with Gasteiger partial charge in [0.2, 0.25) is 0 Å². The van der Waals surface area contributed by atoms with Crippen LogP contribution in [0.2, 0.25) is 0 Å². The van der Waals surface area contributed by atoms with Crippen molar-refractivity contribution in [1.82, 2.24) is 4.90 Å². The number of nitrogens with two attached hydrogens (primary N) is 1. The van der Waals surface area contributed by atoms with E-state index in [0.717, 1.165) is 12.5 Å². The molecule has 1 aliphatic heterocycles. The molecule has 18 heavy (non-hydrogen) atoms. The molecular formula is C15H21N3. The van der Waals surface area contributed by atoms with Gasteiger partial charge < -0.3 is 10.6 Å². The average Bonchev–Trinajstić information content (AvgIpc) is 3.06. The van der Waals surface area contributed by atoms with E-state index in [0.29, 0.717) is 6.04 Å². The molecule has 0 saturated heterocycles. The zero-order valence-electron chi connectivity index (χ0n) is 11.4. The van der Waals surface area contributed by atoms with Gasteiger partial charge in [0.05, 0.1) is 12.1 Å². The maximum Gasteiger partial charge on any atom is 0.192 e. The van der Waals surface area contributed by atoms with E-state index < -0.39 is 0 Å². The van der Waals surface area contributed by atoms with Crippen molar-refractivity contribution in [1.29, 1.82) is 0 Å². The van der Waals surface area contributed by atoms with Crippen LogP contribution >= 0.6 is 0 Å². The number of guanidine groups is 1. The second-order valence-corrected chi connectivity index (χ2v) is 5.87. The molecule has 1 heterocycles. The fraction of sp³-hybridized carbons (Fsp3) is 0.533. The molecule has 1 aromatic rings. The standard InChI is InChI=1S/C15H21N3/c1-10-4-7-13(11(2)8-10)15(3)9-17-14(16)18(15)12-5-6-12/h4,7-8,12H,5-6,9H2,1-3H3,(H2,16,17). The molecule has 0 bridgehead atoms. The molecule has 0 radical (unpaired) electrons. The normalized spacial score (nSPS) is 27.5. The highest BCUT2D eigenvalue weighted by Gasteiger charge is 2.47. The molecule has 3 nitrogen and oxygen atoms in total. The Morgan fingerprint density at radius 3 is 2.67 bits per heavy atom. The Kier molecular flexibility index (Phi) is 2.40. The van der Waals surface area contributed by atoms with Crippen LogP contribution < -0.4 is 5.73 Å². The van der Waals surface area contributed by atoms with Crippen LogP contribution in [-0.4, -0.2) is 23.4 Å². The highest BCUT2D eigenvalue weighted by molar-refractivity contribution is 5.82. The van der Waals surface area contributed by atoms with Gasteiger partial charge in [-0.3, -0.25) is 4.99 Å². The molecule has 2 aliphatic rings. The lowest BCUT2D eigenvalue weighted by Gasteiger charge is -2.38. The van der Waals surface area contributed by atoms with Gasteiger partial charge in [-0.1, -0.05) is 23.8 Å². The third-order valence-electron chi connectivity index (χ3n) is 4.20. The van der Waals surface area contributed by atoms with Crippen molar-refractivity contribution in [3.8, 4) is 0 Å². The van der Waals surface area contributed by atoms with Crippen LogP contribution in [0.4, 0.5) is 0 Å². The van der Waals surface area contributed by atoms with Gasteiger partial charge in [-0.15, -0.1) is 0 Å². The predicted molar refractivity (Wildman–Crippen MR) is 74.6 cm³/mol. The predicted octanol–water partition coefficient (Wildman–Crippen LogP) is 2.31. The number of hydrogen-bond acceptors (Lipinski definition) is 3. The highest BCUT2D eigenvalue weighted by Crippen LogP contribution is 2.42. The molecule has 1 saturated carbocycles. The van der Waals surface area contributed by atoms with Crippen LogP contribution in [0.15, 0.2) is 23.2 Å². The number of aliphatic imine (C=N–C) groups is 1. The molecule has 1 aliphatic carbocycles. The van der Waals surface area contributed by atoms with Crippen molar-refractivity contribution in [3.05, 3.63) is 34.9 Å². The Bertz CT molecular complexity index is 516. The number of benzene rings is 1. The SMILES string of the molecule is Cc1ccc(C2(C)CN=C(N)N2C2CC2)c(C)c1. The van der Waals surface area contributed by atoms with Gasteiger partial charge in [0, 0.05) is 6.04 Å². The smallest absolute Gasteiger partial charge is 0.192 e. The van der Waals surface area contributed by atoms with E-state index in [1.165, 1.54) is 29.5 Å². The minimum Gasteiger partial charge on any atom is -0.370 e. The topological polar surface area (TPSA) is 41.6 Å². The van der Waals surface area contributed by atoms with E-state index >= 15 is 0 Å². The van der Waals surface area contributed by atoms with Crippen molar-refractivity contribution < 1.29 is 0 Å². The zero-order valence-corrected chi connectivity index (χ0v) is 11.4. The van der Waals surface area contributed by atoms with Crippen molar-refractivity contribution in [2.75, 3.05) is 6.54 Å². The summed E-state index contributed by atoms with van der Waals surface area (Å²) >= 11 is 0. The molecule has 1 unspecified atom stereocenters. The third kappa shape index (κ3) is 1.61. The van der Waals surface area contributed by atoms with E-state index in [1.54, 1.807) is 0 Å². The molecule has 1 fully saturated rings. The Labute approximate surface area is 109 Å². The van der Waals surface area contributed by atoms with E-state index in [1.807, 2.05) is 0 Å². The van der Waals surface area contributed by atoms with E-state index in [-0.39, 0.29) is 5.54 Å². The highest BCUT2D eigenvalue weighted by atomic mass is 15.4. The molecule has 3 heteroatoms. The Morgan fingerprint density at radius 2 is 2.06 bits per heavy atom. The minimum absolute atomic E-state index is 0.0525. The minimum atomic E-state index is -0.0525. The van der Waals surface area contributed by atoms with E-state index in [9.17, 15) is 0 Å². The average molecular weight is 243 g/mol. The molecule has 1 aromatic carbocycles. The second kappa shape index (κ2) is 3.74. The van der Waals surface area contributed by atoms with Crippen molar-refractivity contribution in [3.63, 3.8) is 0 Å². The second-order valence-electron chi connectivity index (χ2n) is 5.87. The molecule has 0 spiro atoms. The van der Waals surface area contributed by atoms with Gasteiger partial charge in [0.25, 0.3) is 0 Å². The summed E-state index contributed by atoms with van der Waals surface area (Å²) in [5, 5.41) is 0. The Morgan fingerprint density at radius 1 is 1.33 bits per heavy atom. The van der Waals surface area contributed by atoms with Crippen molar-refractivity contribution >= 4 is 5.96 Å². The lowest BCUT2D eigenvalue weighted by atomic mass is 9.87. The number of rotatable bonds is 2. The molecule has 2 N–H and O–H groups in total. The monoisotopic (exact) mass is 243 g/mol. The lowest BCUT2D eigenvalue weighted by Crippen LogP contribution is -2.49. The van der Waals surface area contributed by atoms with Crippen LogP contribution in [0.3, 0.4) is 0 Å². The van der Waals surface area contributed by atoms with Gasteiger partial charge in [0.1, 0.15) is 0 Å². The van der Waals surface area contributed by atoms with Gasteiger partial charge in [-0.2, -0.15) is 0 Å². The maximum absolute atomic E-state index is 6.09. The number of nitrogens with zero attached hydrogens (tertiary/aromatic N) is 2. The third-order valence-corrected chi connectivity index (χ3v) is 4.20. The summed E-state index contributed by atoms with van der Waals surface area (Å²) in [6.07, 6.45) is 2.49. The quantitative estimate of drug-likeness (QED) is 0.866. The summed E-state index contributed by atoms with van der Waals surface area (Å²) in [6, 6.07) is 7.28. The van der Waals surface area contributed by atoms with Crippen LogP contribution in [0.25, 0.3) is 0 Å². The first-order valence-corrected chi connectivity index (χ1v) is 6.69. The van der Waals surface area contributed by atoms with Gasteiger partial charge >= 0.3 is 0 Å². The first-order chi connectivity index (χ1) is 8.52. The summed E-state index contributed by atoms with van der Waals surface area (Å²) < 4.78 is 0. The summed E-state index contributed by atoms with van der Waals surface area (Å²) in [4.78, 5) is 6.83. The number of hydrogen-bond donors (Lipinski definition) is 1. The largest absolute Gasteiger partial charge is 0.370 e. The lowest BCUT2D eigenvalue weighted by molar-refractivity contribution is 0.215. The number of aryl methyl sites for hydroxylation is 2. The van der Waals surface area contributed by atoms with Gasteiger partial charge in [0.15, 0.2) is 5.96 Å². The molecule has 1 atom stereocenters. The first kappa shape index (κ1) is 11.6. The van der Waals surface area contributed by atoms with Crippen LogP contribution in [0.5, 0.6) is 0 Å². The summed E-state index contributed by atoms with van der Waals surface area (Å²) in [5.41, 5.74) is 10.1. The fourth-order valence-corrected chi connectivity index (χ4v) is 3.20. The first-order valence-electron chi connectivity index (χ1n) is 6.69. The Hall–Kier alpha value is -1.51. The van der Waals surface area contributed by atoms with Crippen molar-refractivity contribution in [2.24, 2.45) is 10.7 Å². The molecule has 0 aromatic heterocycles. The van der Waals surface area contributed by atoms with E-state index in [2.05, 4.69) is 48.9 Å². The zero-order chi connectivity index (χ0) is 12.9. The molecule has 96 valence electrons. The summed E-state index contributed by atoms with van der Waals surface area (Å²) in [7, 11) is 0. The maximum atomic E-state index is 6.09. The van der Waals surface area contributed by atoms with Gasteiger partial charge in [-0.25, -0.2) is 0 Å². The van der Waals surface area contributed by atoms with Crippen LogP contribution in [-0.2, 0) is 5.54 Å². The summed E-state index contributed by atoms with van der Waals surface area (Å²) in [6.45, 7) is 7.37.